The molecule has 0 unspecified atom stereocenters. The van der Waals surface area contributed by atoms with E-state index in [-0.39, 0.29) is 28.2 Å². The predicted molar refractivity (Wildman–Crippen MR) is 138 cm³/mol. The smallest absolute Gasteiger partial charge is 0.416 e. The average Bonchev–Trinajstić information content (AvgIpc) is 3.17. The highest BCUT2D eigenvalue weighted by Gasteiger charge is 2.30. The van der Waals surface area contributed by atoms with Crippen LogP contribution in [0.3, 0.4) is 0 Å². The second kappa shape index (κ2) is 11.2. The van der Waals surface area contributed by atoms with E-state index >= 15 is 0 Å². The van der Waals surface area contributed by atoms with Gasteiger partial charge in [0.25, 0.3) is 0 Å². The molecule has 37 heavy (non-hydrogen) atoms. The van der Waals surface area contributed by atoms with Gasteiger partial charge in [-0.2, -0.15) is 13.2 Å². The lowest BCUT2D eigenvalue weighted by Crippen LogP contribution is -2.27. The zero-order valence-corrected chi connectivity index (χ0v) is 22.5. The van der Waals surface area contributed by atoms with E-state index in [0.717, 1.165) is 23.5 Å². The molecule has 11 heteroatoms. The van der Waals surface area contributed by atoms with E-state index in [4.69, 9.17) is 32.7 Å². The van der Waals surface area contributed by atoms with Crippen molar-refractivity contribution >= 4 is 52.4 Å². The minimum Gasteiger partial charge on any atom is -0.479 e. The Balaban J connectivity index is 1.72. The molecule has 0 spiro atoms. The van der Waals surface area contributed by atoms with Crippen LogP contribution < -0.4 is 4.74 Å². The van der Waals surface area contributed by atoms with Crippen molar-refractivity contribution in [2.24, 2.45) is 0 Å². The van der Waals surface area contributed by atoms with Crippen molar-refractivity contribution in [1.82, 2.24) is 4.98 Å². The number of ketones is 1. The fourth-order valence-electron chi connectivity index (χ4n) is 3.11. The van der Waals surface area contributed by atoms with E-state index in [1.807, 2.05) is 0 Å². The van der Waals surface area contributed by atoms with Crippen molar-refractivity contribution < 1.29 is 32.2 Å². The summed E-state index contributed by atoms with van der Waals surface area (Å²) in [6.07, 6.45) is -1.60. The molecule has 0 aliphatic heterocycles. The number of halogens is 5. The molecule has 0 aliphatic rings. The molecule has 0 saturated carbocycles. The number of thiazole rings is 1. The summed E-state index contributed by atoms with van der Waals surface area (Å²) in [7, 11) is 0. The Bertz CT molecular complexity index is 1320. The number of hydrogen-bond acceptors (Lipinski definition) is 6. The van der Waals surface area contributed by atoms with Crippen LogP contribution in [0.5, 0.6) is 5.75 Å². The van der Waals surface area contributed by atoms with Gasteiger partial charge in [0, 0.05) is 5.56 Å². The van der Waals surface area contributed by atoms with Crippen LogP contribution in [0.1, 0.15) is 47.3 Å². The zero-order chi connectivity index (χ0) is 27.5. The number of esters is 1. The first-order chi connectivity index (χ1) is 17.1. The number of allylic oxidation sites excluding steroid dienone is 1. The van der Waals surface area contributed by atoms with Gasteiger partial charge >= 0.3 is 12.1 Å². The number of carbonyl (C=O) groups is 2. The van der Waals surface area contributed by atoms with E-state index in [0.29, 0.717) is 26.7 Å². The van der Waals surface area contributed by atoms with Gasteiger partial charge in [0.05, 0.1) is 26.2 Å². The van der Waals surface area contributed by atoms with Gasteiger partial charge in [0.2, 0.25) is 0 Å². The number of nitrogens with zero attached hydrogens (tertiary/aromatic N) is 1. The van der Waals surface area contributed by atoms with Crippen LogP contribution in [-0.4, -0.2) is 28.9 Å². The molecule has 0 N–H and O–H groups in total. The Labute approximate surface area is 225 Å². The summed E-state index contributed by atoms with van der Waals surface area (Å²) in [5.41, 5.74) is 0.0195. The normalized spacial score (nSPS) is 12.1. The highest BCUT2D eigenvalue weighted by molar-refractivity contribution is 7.17. The van der Waals surface area contributed by atoms with Crippen molar-refractivity contribution in [1.29, 1.82) is 0 Å². The monoisotopic (exact) mass is 571 g/mol. The number of aryl methyl sites for hydroxylation is 1. The van der Waals surface area contributed by atoms with Crippen molar-refractivity contribution in [3.05, 3.63) is 74.2 Å². The third-order valence-electron chi connectivity index (χ3n) is 4.68. The predicted octanol–water partition coefficient (Wildman–Crippen LogP) is 8.06. The third kappa shape index (κ3) is 7.80. The summed E-state index contributed by atoms with van der Waals surface area (Å²) in [4.78, 5) is 29.3. The third-order valence-corrected chi connectivity index (χ3v) is 6.46. The van der Waals surface area contributed by atoms with Crippen LogP contribution in [0.15, 0.2) is 42.5 Å². The van der Waals surface area contributed by atoms with Gasteiger partial charge in [-0.15, -0.1) is 11.3 Å². The summed E-state index contributed by atoms with van der Waals surface area (Å²) in [5.74, 6) is -0.812. The molecule has 0 bridgehead atoms. The molecule has 0 atom stereocenters. The van der Waals surface area contributed by atoms with E-state index in [9.17, 15) is 22.8 Å². The Morgan fingerprint density at radius 2 is 1.65 bits per heavy atom. The van der Waals surface area contributed by atoms with Gasteiger partial charge in [0.1, 0.15) is 10.6 Å². The van der Waals surface area contributed by atoms with E-state index in [1.54, 1.807) is 27.7 Å². The molecular formula is C26H22Cl2F3NO4S. The van der Waals surface area contributed by atoms with Crippen molar-refractivity contribution in [3.8, 4) is 16.3 Å². The molecule has 0 radical (unpaired) electrons. The Morgan fingerprint density at radius 1 is 1.05 bits per heavy atom. The number of alkyl halides is 3. The fourth-order valence-corrected chi connectivity index (χ4v) is 4.72. The van der Waals surface area contributed by atoms with Crippen LogP contribution in [0.4, 0.5) is 13.2 Å². The van der Waals surface area contributed by atoms with Crippen LogP contribution >= 0.6 is 34.5 Å². The lowest BCUT2D eigenvalue weighted by atomic mass is 10.1. The number of ether oxygens (including phenoxy) is 2. The number of aromatic nitrogens is 1. The molecule has 0 amide bonds. The molecule has 3 rings (SSSR count). The van der Waals surface area contributed by atoms with E-state index in [1.165, 1.54) is 36.4 Å². The van der Waals surface area contributed by atoms with E-state index in [2.05, 4.69) is 4.98 Å². The number of benzene rings is 2. The SMILES string of the molecule is Cc1nc(-c2ccc(C(F)(F)F)cc2)sc1C(=O)/C=C/c1cc(Cl)c(OCC(=O)OC(C)(C)C)c(Cl)c1. The molecule has 1 aromatic heterocycles. The second-order valence-corrected chi connectivity index (χ2v) is 10.7. The molecular weight excluding hydrogens is 550 g/mol. The number of hydrogen-bond donors (Lipinski definition) is 0. The maximum atomic E-state index is 12.8. The lowest BCUT2D eigenvalue weighted by molar-refractivity contribution is -0.157. The second-order valence-electron chi connectivity index (χ2n) is 8.90. The first-order valence-electron chi connectivity index (χ1n) is 10.8. The number of rotatable bonds is 7. The van der Waals surface area contributed by atoms with Crippen LogP contribution in [0, 0.1) is 6.92 Å². The summed E-state index contributed by atoms with van der Waals surface area (Å²) in [6, 6.07) is 7.64. The Morgan fingerprint density at radius 3 is 2.19 bits per heavy atom. The quantitative estimate of drug-likeness (QED) is 0.163. The summed E-state index contributed by atoms with van der Waals surface area (Å²) < 4.78 is 49.0. The molecule has 0 fully saturated rings. The minimum absolute atomic E-state index is 0.108. The highest BCUT2D eigenvalue weighted by Crippen LogP contribution is 2.36. The molecule has 0 aliphatic carbocycles. The lowest BCUT2D eigenvalue weighted by Gasteiger charge is -2.19. The van der Waals surface area contributed by atoms with Crippen LogP contribution in [-0.2, 0) is 15.7 Å². The molecule has 5 nitrogen and oxygen atoms in total. The largest absolute Gasteiger partial charge is 0.479 e. The maximum Gasteiger partial charge on any atom is 0.416 e. The first-order valence-corrected chi connectivity index (χ1v) is 12.4. The molecule has 1 heterocycles. The van der Waals surface area contributed by atoms with Gasteiger partial charge in [-0.05, 0) is 63.6 Å². The topological polar surface area (TPSA) is 65.5 Å². The van der Waals surface area contributed by atoms with Crippen molar-refractivity contribution in [2.75, 3.05) is 6.61 Å². The van der Waals surface area contributed by atoms with Gasteiger partial charge < -0.3 is 9.47 Å². The van der Waals surface area contributed by atoms with Gasteiger partial charge in [-0.3, -0.25) is 4.79 Å². The highest BCUT2D eigenvalue weighted by atomic mass is 35.5. The summed E-state index contributed by atoms with van der Waals surface area (Å²) >= 11 is 13.6. The average molecular weight is 572 g/mol. The first kappa shape index (κ1) is 28.7. The van der Waals surface area contributed by atoms with Gasteiger partial charge in [0.15, 0.2) is 18.1 Å². The van der Waals surface area contributed by atoms with Crippen LogP contribution in [0.25, 0.3) is 16.6 Å². The van der Waals surface area contributed by atoms with Crippen molar-refractivity contribution in [3.63, 3.8) is 0 Å². The summed E-state index contributed by atoms with van der Waals surface area (Å²) in [5, 5.41) is 0.712. The Kier molecular flexibility index (Phi) is 8.72. The Hall–Kier alpha value is -2.88. The fraction of sp³-hybridized carbons (Fsp3) is 0.269. The standard InChI is InChI=1S/C26H22Cl2F3NO4S/c1-14-23(37-24(32-14)16-6-8-17(9-7-16)26(29,30)31)20(33)10-5-15-11-18(27)22(19(28)12-15)35-13-21(34)36-25(2,3)4/h5-12H,13H2,1-4H3/b10-5+. The minimum atomic E-state index is -4.43. The zero-order valence-electron chi connectivity index (χ0n) is 20.2. The van der Waals surface area contributed by atoms with E-state index < -0.39 is 23.3 Å². The molecule has 3 aromatic rings. The summed E-state index contributed by atoms with van der Waals surface area (Å²) in [6.45, 7) is 6.47. The van der Waals surface area contributed by atoms with Gasteiger partial charge in [-0.1, -0.05) is 41.4 Å². The molecule has 0 saturated heterocycles. The number of carbonyl (C=O) groups excluding carboxylic acids is 2. The van der Waals surface area contributed by atoms with Crippen LogP contribution in [0.2, 0.25) is 10.0 Å². The maximum absolute atomic E-state index is 12.8. The van der Waals surface area contributed by atoms with Gasteiger partial charge in [-0.25, -0.2) is 9.78 Å². The van der Waals surface area contributed by atoms with Crippen molar-refractivity contribution in [2.45, 2.75) is 39.5 Å². The molecule has 2 aromatic carbocycles. The molecule has 196 valence electrons.